The molecule has 2 atom stereocenters. The van der Waals surface area contributed by atoms with Crippen LogP contribution < -0.4 is 4.72 Å². The van der Waals surface area contributed by atoms with Gasteiger partial charge in [0.25, 0.3) is 5.69 Å². The second kappa shape index (κ2) is 6.02. The van der Waals surface area contributed by atoms with Gasteiger partial charge in [-0.1, -0.05) is 22.4 Å². The number of nitro groups is 1. The van der Waals surface area contributed by atoms with E-state index in [2.05, 4.69) is 20.7 Å². The Hall–Kier alpha value is -0.990. The highest BCUT2D eigenvalue weighted by Crippen LogP contribution is 2.30. The molecular weight excluding hydrogens is 360 g/mol. The topological polar surface area (TPSA) is 89.3 Å². The Morgan fingerprint density at radius 3 is 2.43 bits per heavy atom. The zero-order valence-electron chi connectivity index (χ0n) is 11.8. The van der Waals surface area contributed by atoms with Gasteiger partial charge in [-0.2, -0.15) is 0 Å². The number of alkyl halides is 1. The summed E-state index contributed by atoms with van der Waals surface area (Å²) in [4.78, 5) is 10.3. The standard InChI is InChI=1S/C13H17BrN2O4S/c1-8-6-12(16(17)18)13(7-9(8)2)21(19,20)15-11-5-3-4-10(11)14/h6-7,10-11,15H,3-5H2,1-2H3. The average molecular weight is 377 g/mol. The first-order valence-corrected chi connectivity index (χ1v) is 9.04. The number of halogens is 1. The van der Waals surface area contributed by atoms with E-state index < -0.39 is 14.9 Å². The first-order valence-electron chi connectivity index (χ1n) is 6.64. The van der Waals surface area contributed by atoms with E-state index in [-0.39, 0.29) is 21.5 Å². The molecule has 1 fully saturated rings. The maximum atomic E-state index is 12.5. The van der Waals surface area contributed by atoms with E-state index in [9.17, 15) is 18.5 Å². The van der Waals surface area contributed by atoms with Gasteiger partial charge in [0.2, 0.25) is 10.0 Å². The van der Waals surface area contributed by atoms with E-state index in [0.717, 1.165) is 19.3 Å². The molecule has 6 nitrogen and oxygen atoms in total. The first-order chi connectivity index (χ1) is 9.72. The van der Waals surface area contributed by atoms with Crippen LogP contribution >= 0.6 is 15.9 Å². The molecule has 0 bridgehead atoms. The molecule has 0 spiro atoms. The summed E-state index contributed by atoms with van der Waals surface area (Å²) in [5, 5.41) is 11.1. The summed E-state index contributed by atoms with van der Waals surface area (Å²) in [5.74, 6) is 0. The summed E-state index contributed by atoms with van der Waals surface area (Å²) < 4.78 is 27.6. The van der Waals surface area contributed by atoms with E-state index in [1.165, 1.54) is 12.1 Å². The second-order valence-corrected chi connectivity index (χ2v) is 8.19. The summed E-state index contributed by atoms with van der Waals surface area (Å²) in [6, 6.07) is 2.45. The van der Waals surface area contributed by atoms with Crippen molar-refractivity contribution >= 4 is 31.6 Å². The molecule has 0 amide bonds. The zero-order chi connectivity index (χ0) is 15.8. The monoisotopic (exact) mass is 376 g/mol. The third kappa shape index (κ3) is 3.44. The minimum absolute atomic E-state index is 0.0675. The fourth-order valence-corrected chi connectivity index (χ4v) is 4.89. The van der Waals surface area contributed by atoms with Gasteiger partial charge in [-0.3, -0.25) is 10.1 Å². The number of hydrogen-bond donors (Lipinski definition) is 1. The molecule has 0 heterocycles. The van der Waals surface area contributed by atoms with Gasteiger partial charge in [-0.05, 0) is 43.9 Å². The third-order valence-electron chi connectivity index (χ3n) is 3.80. The highest BCUT2D eigenvalue weighted by Gasteiger charge is 2.33. The first kappa shape index (κ1) is 16.4. The Balaban J connectivity index is 2.44. The molecule has 0 aliphatic heterocycles. The van der Waals surface area contributed by atoms with Crippen LogP contribution in [0, 0.1) is 24.0 Å². The highest BCUT2D eigenvalue weighted by molar-refractivity contribution is 9.09. The molecule has 1 aromatic rings. The Morgan fingerprint density at radius 2 is 1.90 bits per heavy atom. The number of nitrogens with zero attached hydrogens (tertiary/aromatic N) is 1. The van der Waals surface area contributed by atoms with Gasteiger partial charge >= 0.3 is 0 Å². The smallest absolute Gasteiger partial charge is 0.258 e. The van der Waals surface area contributed by atoms with Crippen LogP contribution in [0.4, 0.5) is 5.69 Å². The third-order valence-corrected chi connectivity index (χ3v) is 6.41. The summed E-state index contributed by atoms with van der Waals surface area (Å²) in [6.45, 7) is 3.46. The van der Waals surface area contributed by atoms with Gasteiger partial charge in [0.15, 0.2) is 4.90 Å². The lowest BCUT2D eigenvalue weighted by atomic mass is 10.1. The molecule has 1 N–H and O–H groups in total. The number of rotatable bonds is 4. The van der Waals surface area contributed by atoms with Crippen LogP contribution in [0.5, 0.6) is 0 Å². The maximum Gasteiger partial charge on any atom is 0.289 e. The molecule has 8 heteroatoms. The van der Waals surface area contributed by atoms with Crippen LogP contribution in [-0.2, 0) is 10.0 Å². The molecular formula is C13H17BrN2O4S. The van der Waals surface area contributed by atoms with Crippen LogP contribution in [-0.4, -0.2) is 24.2 Å². The van der Waals surface area contributed by atoms with Crippen molar-refractivity contribution in [3.05, 3.63) is 33.4 Å². The molecule has 1 aliphatic carbocycles. The van der Waals surface area contributed by atoms with Crippen molar-refractivity contribution < 1.29 is 13.3 Å². The lowest BCUT2D eigenvalue weighted by Crippen LogP contribution is -2.37. The zero-order valence-corrected chi connectivity index (χ0v) is 14.2. The van der Waals surface area contributed by atoms with Crippen molar-refractivity contribution in [1.29, 1.82) is 0 Å². The van der Waals surface area contributed by atoms with Crippen LogP contribution in [0.15, 0.2) is 17.0 Å². The van der Waals surface area contributed by atoms with Crippen molar-refractivity contribution in [2.45, 2.75) is 48.9 Å². The fraction of sp³-hybridized carbons (Fsp3) is 0.538. The van der Waals surface area contributed by atoms with E-state index in [1.54, 1.807) is 13.8 Å². The van der Waals surface area contributed by atoms with E-state index in [4.69, 9.17) is 0 Å². The van der Waals surface area contributed by atoms with Gasteiger partial charge in [0.1, 0.15) is 0 Å². The predicted octanol–water partition coefficient (Wildman–Crippen LogP) is 2.81. The lowest BCUT2D eigenvalue weighted by Gasteiger charge is -2.17. The van der Waals surface area contributed by atoms with Gasteiger partial charge in [-0.25, -0.2) is 13.1 Å². The lowest BCUT2D eigenvalue weighted by molar-refractivity contribution is -0.387. The number of benzene rings is 1. The van der Waals surface area contributed by atoms with Gasteiger partial charge in [0.05, 0.1) is 4.92 Å². The van der Waals surface area contributed by atoms with Gasteiger partial charge < -0.3 is 0 Å². The van der Waals surface area contributed by atoms with Gasteiger partial charge in [0, 0.05) is 16.9 Å². The minimum atomic E-state index is -3.91. The normalized spacial score (nSPS) is 22.4. The van der Waals surface area contributed by atoms with E-state index >= 15 is 0 Å². The summed E-state index contributed by atoms with van der Waals surface area (Å²) in [7, 11) is -3.91. The number of nitro benzene ring substituents is 1. The average Bonchev–Trinajstić information content (AvgIpc) is 2.77. The number of sulfonamides is 1. The van der Waals surface area contributed by atoms with Crippen LogP contribution in [0.2, 0.25) is 0 Å². The highest BCUT2D eigenvalue weighted by atomic mass is 79.9. The molecule has 2 unspecified atom stereocenters. The largest absolute Gasteiger partial charge is 0.289 e. The summed E-state index contributed by atoms with van der Waals surface area (Å²) in [6.07, 6.45) is 2.55. The fourth-order valence-electron chi connectivity index (χ4n) is 2.44. The molecule has 2 rings (SSSR count). The number of hydrogen-bond acceptors (Lipinski definition) is 4. The van der Waals surface area contributed by atoms with Crippen LogP contribution in [0.25, 0.3) is 0 Å². The number of aryl methyl sites for hydroxylation is 2. The SMILES string of the molecule is Cc1cc([N+](=O)[O-])c(S(=O)(=O)NC2CCCC2Br)cc1C. The summed E-state index contributed by atoms with van der Waals surface area (Å²) >= 11 is 3.44. The van der Waals surface area contributed by atoms with Crippen molar-refractivity contribution in [1.82, 2.24) is 4.72 Å². The van der Waals surface area contributed by atoms with Crippen molar-refractivity contribution in [3.63, 3.8) is 0 Å². The van der Waals surface area contributed by atoms with Crippen LogP contribution in [0.3, 0.4) is 0 Å². The van der Waals surface area contributed by atoms with Crippen molar-refractivity contribution in [2.24, 2.45) is 0 Å². The van der Waals surface area contributed by atoms with Crippen LogP contribution in [0.1, 0.15) is 30.4 Å². The molecule has 0 saturated heterocycles. The molecule has 21 heavy (non-hydrogen) atoms. The van der Waals surface area contributed by atoms with Gasteiger partial charge in [-0.15, -0.1) is 0 Å². The quantitative estimate of drug-likeness (QED) is 0.496. The van der Waals surface area contributed by atoms with E-state index in [1.807, 2.05) is 0 Å². The van der Waals surface area contributed by atoms with Crippen molar-refractivity contribution in [3.8, 4) is 0 Å². The molecule has 116 valence electrons. The van der Waals surface area contributed by atoms with E-state index in [0.29, 0.717) is 11.1 Å². The molecule has 0 aromatic heterocycles. The summed E-state index contributed by atoms with van der Waals surface area (Å²) in [5.41, 5.74) is 1.03. The Morgan fingerprint density at radius 1 is 1.29 bits per heavy atom. The second-order valence-electron chi connectivity index (χ2n) is 5.34. The van der Waals surface area contributed by atoms with Crippen molar-refractivity contribution in [2.75, 3.05) is 0 Å². The maximum absolute atomic E-state index is 12.5. The number of nitrogens with one attached hydrogen (secondary N) is 1. The molecule has 1 aromatic carbocycles. The Kier molecular flexibility index (Phi) is 4.69. The predicted molar refractivity (Wildman–Crippen MR) is 83.2 cm³/mol. The molecule has 1 aliphatic rings. The molecule has 0 radical (unpaired) electrons. The Bertz CT molecular complexity index is 675. The Labute approximate surface area is 132 Å². The molecule has 1 saturated carbocycles. The minimum Gasteiger partial charge on any atom is -0.258 e.